The fourth-order valence-electron chi connectivity index (χ4n) is 2.03. The quantitative estimate of drug-likeness (QED) is 0.755. The predicted octanol–water partition coefficient (Wildman–Crippen LogP) is 2.33. The van der Waals surface area contributed by atoms with E-state index in [2.05, 4.69) is 10.0 Å². The van der Waals surface area contributed by atoms with Crippen LogP contribution in [-0.2, 0) is 21.2 Å². The normalized spacial score (nSPS) is 11.0. The molecule has 3 N–H and O–H groups in total. The molecule has 0 unspecified atom stereocenters. The zero-order valence-corrected chi connectivity index (χ0v) is 13.4. The maximum absolute atomic E-state index is 11.9. The molecule has 1 amide bonds. The van der Waals surface area contributed by atoms with Gasteiger partial charge in [0.2, 0.25) is 15.9 Å². The van der Waals surface area contributed by atoms with Crippen LogP contribution in [0.3, 0.4) is 0 Å². The summed E-state index contributed by atoms with van der Waals surface area (Å²) in [5.41, 5.74) is 1.72. The zero-order valence-electron chi connectivity index (χ0n) is 12.6. The first-order valence-corrected chi connectivity index (χ1v) is 8.87. The molecule has 2 rings (SSSR count). The Labute approximate surface area is 135 Å². The summed E-state index contributed by atoms with van der Waals surface area (Å²) in [6, 6.07) is 13.3. The van der Waals surface area contributed by atoms with E-state index in [4.69, 9.17) is 0 Å². The van der Waals surface area contributed by atoms with Crippen LogP contribution in [0.5, 0.6) is 5.75 Å². The molecule has 0 aliphatic carbocycles. The van der Waals surface area contributed by atoms with Gasteiger partial charge in [-0.05, 0) is 42.3 Å². The van der Waals surface area contributed by atoms with Crippen LogP contribution in [0.2, 0.25) is 0 Å². The highest BCUT2D eigenvalue weighted by Gasteiger charge is 2.06. The first-order valence-electron chi connectivity index (χ1n) is 6.98. The second kappa shape index (κ2) is 7.15. The van der Waals surface area contributed by atoms with Crippen molar-refractivity contribution in [3.63, 3.8) is 0 Å². The van der Waals surface area contributed by atoms with Crippen molar-refractivity contribution in [1.82, 2.24) is 0 Å². The second-order valence-electron chi connectivity index (χ2n) is 5.13. The monoisotopic (exact) mass is 334 g/mol. The van der Waals surface area contributed by atoms with E-state index in [0.29, 0.717) is 17.8 Å². The molecule has 0 spiro atoms. The highest BCUT2D eigenvalue weighted by molar-refractivity contribution is 7.92. The van der Waals surface area contributed by atoms with E-state index >= 15 is 0 Å². The number of para-hydroxylation sites is 1. The Morgan fingerprint density at radius 1 is 1.04 bits per heavy atom. The summed E-state index contributed by atoms with van der Waals surface area (Å²) >= 11 is 0. The van der Waals surface area contributed by atoms with Gasteiger partial charge in [-0.25, -0.2) is 8.42 Å². The molecule has 0 aliphatic heterocycles. The van der Waals surface area contributed by atoms with Crippen LogP contribution in [0.15, 0.2) is 48.5 Å². The van der Waals surface area contributed by atoms with Gasteiger partial charge >= 0.3 is 0 Å². The van der Waals surface area contributed by atoms with E-state index in [1.165, 1.54) is 0 Å². The Kier molecular flexibility index (Phi) is 5.23. The Balaban J connectivity index is 1.89. The van der Waals surface area contributed by atoms with Crippen LogP contribution in [0.25, 0.3) is 0 Å². The lowest BCUT2D eigenvalue weighted by molar-refractivity contribution is -0.116. The lowest BCUT2D eigenvalue weighted by atomic mass is 10.1. The molecule has 0 aliphatic rings. The van der Waals surface area contributed by atoms with Crippen molar-refractivity contribution in [3.05, 3.63) is 54.1 Å². The van der Waals surface area contributed by atoms with E-state index < -0.39 is 10.0 Å². The van der Waals surface area contributed by atoms with Crippen molar-refractivity contribution in [2.45, 2.75) is 12.8 Å². The molecule has 6 nitrogen and oxygen atoms in total. The molecular formula is C16H18N2O4S. The summed E-state index contributed by atoms with van der Waals surface area (Å²) in [6.45, 7) is 0. The first-order chi connectivity index (χ1) is 10.8. The number of nitrogens with one attached hydrogen (secondary N) is 2. The van der Waals surface area contributed by atoms with Crippen molar-refractivity contribution in [3.8, 4) is 5.75 Å². The van der Waals surface area contributed by atoms with Gasteiger partial charge in [0.15, 0.2) is 0 Å². The van der Waals surface area contributed by atoms with Crippen molar-refractivity contribution < 1.29 is 18.3 Å². The van der Waals surface area contributed by atoms with Crippen LogP contribution >= 0.6 is 0 Å². The summed E-state index contributed by atoms with van der Waals surface area (Å²) < 4.78 is 24.6. The van der Waals surface area contributed by atoms with Crippen molar-refractivity contribution in [2.24, 2.45) is 0 Å². The number of aryl methyl sites for hydroxylation is 1. The number of rotatable bonds is 6. The summed E-state index contributed by atoms with van der Waals surface area (Å²) in [7, 11) is -3.32. The molecule has 2 aromatic carbocycles. The first kappa shape index (κ1) is 16.8. The zero-order chi connectivity index (χ0) is 16.9. The smallest absolute Gasteiger partial charge is 0.229 e. The molecule has 0 saturated carbocycles. The largest absolute Gasteiger partial charge is 0.508 e. The van der Waals surface area contributed by atoms with Crippen LogP contribution in [0.1, 0.15) is 12.0 Å². The van der Waals surface area contributed by atoms with Gasteiger partial charge in [-0.15, -0.1) is 0 Å². The van der Waals surface area contributed by atoms with E-state index in [9.17, 15) is 18.3 Å². The number of phenolic OH excluding ortho intramolecular Hbond substituents is 1. The Morgan fingerprint density at radius 2 is 1.65 bits per heavy atom. The summed E-state index contributed by atoms with van der Waals surface area (Å²) in [5, 5.41) is 12.4. The standard InChI is InChI=1S/C16H18N2O4S/c1-23(21,22)18-14-9-7-13(8-10-14)17-16(20)11-6-12-4-2-3-5-15(12)19/h2-5,7-10,18-19H,6,11H2,1H3,(H,17,20). The van der Waals surface area contributed by atoms with Crippen LogP contribution in [-0.4, -0.2) is 25.7 Å². The van der Waals surface area contributed by atoms with Gasteiger partial charge in [0.1, 0.15) is 5.75 Å². The van der Waals surface area contributed by atoms with Gasteiger partial charge in [-0.2, -0.15) is 0 Å². The summed E-state index contributed by atoms with van der Waals surface area (Å²) in [6.07, 6.45) is 1.74. The van der Waals surface area contributed by atoms with Crippen molar-refractivity contribution >= 4 is 27.3 Å². The van der Waals surface area contributed by atoms with Crippen LogP contribution in [0.4, 0.5) is 11.4 Å². The van der Waals surface area contributed by atoms with E-state index in [-0.39, 0.29) is 18.1 Å². The Morgan fingerprint density at radius 3 is 2.26 bits per heavy atom. The third-order valence-corrected chi connectivity index (χ3v) is 3.69. The number of benzene rings is 2. The van der Waals surface area contributed by atoms with Gasteiger partial charge < -0.3 is 10.4 Å². The number of aromatic hydroxyl groups is 1. The summed E-state index contributed by atoms with van der Waals surface area (Å²) in [5.74, 6) is -0.00595. The van der Waals surface area contributed by atoms with Gasteiger partial charge in [-0.1, -0.05) is 18.2 Å². The minimum Gasteiger partial charge on any atom is -0.508 e. The van der Waals surface area contributed by atoms with Gasteiger partial charge in [-0.3, -0.25) is 9.52 Å². The number of hydrogen-bond donors (Lipinski definition) is 3. The third-order valence-electron chi connectivity index (χ3n) is 3.08. The van der Waals surface area contributed by atoms with Gasteiger partial charge in [0.05, 0.1) is 6.26 Å². The van der Waals surface area contributed by atoms with E-state index in [0.717, 1.165) is 11.8 Å². The van der Waals surface area contributed by atoms with Gasteiger partial charge in [0, 0.05) is 17.8 Å². The van der Waals surface area contributed by atoms with Crippen LogP contribution < -0.4 is 10.0 Å². The molecule has 0 heterocycles. The molecule has 2 aromatic rings. The maximum Gasteiger partial charge on any atom is 0.229 e. The molecular weight excluding hydrogens is 316 g/mol. The minimum atomic E-state index is -3.32. The topological polar surface area (TPSA) is 95.5 Å². The number of phenols is 1. The average molecular weight is 334 g/mol. The molecule has 0 saturated heterocycles. The molecule has 0 radical (unpaired) electrons. The molecule has 122 valence electrons. The molecule has 7 heteroatoms. The van der Waals surface area contributed by atoms with Crippen LogP contribution in [0, 0.1) is 0 Å². The van der Waals surface area contributed by atoms with E-state index in [1.54, 1.807) is 48.5 Å². The second-order valence-corrected chi connectivity index (χ2v) is 6.88. The average Bonchev–Trinajstić information content (AvgIpc) is 2.47. The fourth-order valence-corrected chi connectivity index (χ4v) is 2.59. The maximum atomic E-state index is 11.9. The number of amides is 1. The molecule has 0 fully saturated rings. The highest BCUT2D eigenvalue weighted by Crippen LogP contribution is 2.18. The number of sulfonamides is 1. The summed E-state index contributed by atoms with van der Waals surface area (Å²) in [4.78, 5) is 11.9. The van der Waals surface area contributed by atoms with E-state index in [1.807, 2.05) is 0 Å². The number of hydrogen-bond acceptors (Lipinski definition) is 4. The third kappa shape index (κ3) is 5.63. The number of anilines is 2. The number of carbonyl (C=O) groups excluding carboxylic acids is 1. The molecule has 23 heavy (non-hydrogen) atoms. The predicted molar refractivity (Wildman–Crippen MR) is 90.0 cm³/mol. The fraction of sp³-hybridized carbons (Fsp3) is 0.188. The minimum absolute atomic E-state index is 0.177. The Bertz CT molecular complexity index is 786. The lowest BCUT2D eigenvalue weighted by Crippen LogP contribution is -2.13. The Hall–Kier alpha value is -2.54. The van der Waals surface area contributed by atoms with Crippen molar-refractivity contribution in [1.29, 1.82) is 0 Å². The molecule has 0 atom stereocenters. The van der Waals surface area contributed by atoms with Gasteiger partial charge in [0.25, 0.3) is 0 Å². The highest BCUT2D eigenvalue weighted by atomic mass is 32.2. The number of carbonyl (C=O) groups is 1. The SMILES string of the molecule is CS(=O)(=O)Nc1ccc(NC(=O)CCc2ccccc2O)cc1. The molecule has 0 bridgehead atoms. The lowest BCUT2D eigenvalue weighted by Gasteiger charge is -2.08. The van der Waals surface area contributed by atoms with Crippen molar-refractivity contribution in [2.75, 3.05) is 16.3 Å². The molecule has 0 aromatic heterocycles.